The average Bonchev–Trinajstić information content (AvgIpc) is 3.96. The van der Waals surface area contributed by atoms with Gasteiger partial charge in [-0.05, 0) is 116 Å². The Morgan fingerprint density at radius 3 is 1.58 bits per heavy atom. The Kier molecular flexibility index (Phi) is 10.6. The van der Waals surface area contributed by atoms with Gasteiger partial charge in [-0.2, -0.15) is 0 Å². The standard InChI is InChI=1S/C67H48N4.C2H6/c1-66(2)55-26-12-14-28-57(55)67(58-29-15-13-27-56(58)66)54-25-11-9-23-52(54)62-50(24-17-30-59(62)67)45-34-38-47(39-35-45)64-68-63(46-36-32-44(33-37-46)43-18-5-3-6-19-43)69-65(70-64)48-40-41-61-53(42-48)51-22-10-16-31-60(51)71(61)49-20-7-4-8-21-49;1-2/h3-5,7-18,20-42H,6,19H2,1-2H3;1-2H3. The van der Waals surface area contributed by atoms with Crippen LogP contribution in [0, 0.1) is 0 Å². The highest BCUT2D eigenvalue weighted by atomic mass is 15.0. The summed E-state index contributed by atoms with van der Waals surface area (Å²) in [6.07, 6.45) is 8.71. The number of hydrogen-bond acceptors (Lipinski definition) is 3. The quantitative estimate of drug-likeness (QED) is 0.167. The zero-order chi connectivity index (χ0) is 49.3. The van der Waals surface area contributed by atoms with E-state index < -0.39 is 5.41 Å². The van der Waals surface area contributed by atoms with Crippen LogP contribution >= 0.6 is 0 Å². The maximum Gasteiger partial charge on any atom is 0.164 e. The van der Waals surface area contributed by atoms with Gasteiger partial charge in [-0.1, -0.05) is 222 Å². The minimum atomic E-state index is -0.454. The first-order valence-electron chi connectivity index (χ1n) is 25.8. The molecule has 4 nitrogen and oxygen atoms in total. The van der Waals surface area contributed by atoms with Gasteiger partial charge < -0.3 is 4.57 Å². The Bertz CT molecular complexity index is 3950. The van der Waals surface area contributed by atoms with E-state index in [0.29, 0.717) is 17.5 Å². The summed E-state index contributed by atoms with van der Waals surface area (Å²) in [7, 11) is 0. The fourth-order valence-corrected chi connectivity index (χ4v) is 12.4. The van der Waals surface area contributed by atoms with E-state index in [9.17, 15) is 0 Å². The summed E-state index contributed by atoms with van der Waals surface area (Å²) < 4.78 is 2.34. The van der Waals surface area contributed by atoms with Gasteiger partial charge in [0.2, 0.25) is 0 Å². The van der Waals surface area contributed by atoms with Crippen molar-refractivity contribution in [2.45, 2.75) is 51.4 Å². The van der Waals surface area contributed by atoms with Crippen molar-refractivity contribution in [1.29, 1.82) is 0 Å². The normalized spacial score (nSPS) is 14.4. The fourth-order valence-electron chi connectivity index (χ4n) is 12.4. The molecular weight excluding hydrogens is 885 g/mol. The second-order valence-corrected chi connectivity index (χ2v) is 19.8. The van der Waals surface area contributed by atoms with Crippen molar-refractivity contribution in [1.82, 2.24) is 19.5 Å². The Balaban J connectivity index is 0.00000255. The molecule has 14 rings (SSSR count). The third-order valence-electron chi connectivity index (χ3n) is 15.6. The van der Waals surface area contributed by atoms with E-state index in [1.54, 1.807) is 0 Å². The van der Waals surface area contributed by atoms with Crippen LogP contribution in [0.3, 0.4) is 0 Å². The van der Waals surface area contributed by atoms with E-state index in [0.717, 1.165) is 57.2 Å². The monoisotopic (exact) mass is 938 g/mol. The highest BCUT2D eigenvalue weighted by molar-refractivity contribution is 6.10. The average molecular weight is 939 g/mol. The lowest BCUT2D eigenvalue weighted by Crippen LogP contribution is -2.40. The SMILES string of the molecule is CC.CC1(C)c2ccccc2C2(c3ccccc3-c3c(-c4ccc(-c5nc(-c6ccc(C7=CC=CCC7)cc6)nc(-c6ccc7c(c6)c6ccccc6n7-c6ccccc6)n5)cc4)cccc32)c2ccccc21. The molecule has 1 spiro atoms. The number of hydrogen-bond donors (Lipinski definition) is 0. The molecule has 0 aliphatic heterocycles. The number of rotatable bonds is 6. The molecule has 3 aliphatic carbocycles. The summed E-state index contributed by atoms with van der Waals surface area (Å²) in [6, 6.07) is 77.7. The first-order valence-corrected chi connectivity index (χ1v) is 25.8. The Morgan fingerprint density at radius 1 is 0.411 bits per heavy atom. The lowest BCUT2D eigenvalue weighted by Gasteiger charge is -2.46. The lowest BCUT2D eigenvalue weighted by molar-refractivity contribution is 0.563. The summed E-state index contributed by atoms with van der Waals surface area (Å²) in [4.78, 5) is 15.8. The molecule has 3 aliphatic rings. The third kappa shape index (κ3) is 6.85. The molecule has 350 valence electrons. The van der Waals surface area contributed by atoms with Crippen LogP contribution in [0.2, 0.25) is 0 Å². The lowest BCUT2D eigenvalue weighted by atomic mass is 9.55. The predicted octanol–water partition coefficient (Wildman–Crippen LogP) is 17.4. The molecule has 2 aromatic heterocycles. The van der Waals surface area contributed by atoms with Gasteiger partial charge >= 0.3 is 0 Å². The van der Waals surface area contributed by atoms with Crippen LogP contribution < -0.4 is 0 Å². The second-order valence-electron chi connectivity index (χ2n) is 19.8. The van der Waals surface area contributed by atoms with Crippen LogP contribution in [0.5, 0.6) is 0 Å². The zero-order valence-electron chi connectivity index (χ0n) is 41.6. The minimum absolute atomic E-state index is 0.151. The molecule has 0 unspecified atom stereocenters. The van der Waals surface area contributed by atoms with Crippen molar-refractivity contribution in [3.63, 3.8) is 0 Å². The minimum Gasteiger partial charge on any atom is -0.309 e. The van der Waals surface area contributed by atoms with Gasteiger partial charge in [0.1, 0.15) is 0 Å². The van der Waals surface area contributed by atoms with Gasteiger partial charge in [0, 0.05) is 38.6 Å². The highest BCUT2D eigenvalue weighted by Gasteiger charge is 2.53. The van der Waals surface area contributed by atoms with Crippen LogP contribution in [0.4, 0.5) is 0 Å². The highest BCUT2D eigenvalue weighted by Crippen LogP contribution is 2.63. The number of allylic oxidation sites excluding steroid dienone is 4. The number of aromatic nitrogens is 4. The molecule has 0 saturated carbocycles. The van der Waals surface area contributed by atoms with Gasteiger partial charge in [-0.3, -0.25) is 0 Å². The first-order chi connectivity index (χ1) is 36.0. The molecular formula is C69H54N4. The number of fused-ring (bicyclic) bond motifs is 12. The Morgan fingerprint density at radius 2 is 0.918 bits per heavy atom. The molecule has 0 radical (unpaired) electrons. The summed E-state index contributed by atoms with van der Waals surface area (Å²) >= 11 is 0. The molecule has 0 amide bonds. The summed E-state index contributed by atoms with van der Waals surface area (Å²) in [6.45, 7) is 8.76. The maximum absolute atomic E-state index is 5.30. The van der Waals surface area contributed by atoms with E-state index in [1.807, 2.05) is 13.8 Å². The van der Waals surface area contributed by atoms with Crippen molar-refractivity contribution >= 4 is 27.4 Å². The summed E-state index contributed by atoms with van der Waals surface area (Å²) in [5.41, 5.74) is 21.3. The Labute approximate surface area is 427 Å². The zero-order valence-corrected chi connectivity index (χ0v) is 41.6. The van der Waals surface area contributed by atoms with E-state index in [-0.39, 0.29) is 5.41 Å². The van der Waals surface area contributed by atoms with Crippen molar-refractivity contribution in [3.8, 4) is 62.1 Å². The van der Waals surface area contributed by atoms with E-state index in [4.69, 9.17) is 15.0 Å². The molecule has 9 aromatic carbocycles. The van der Waals surface area contributed by atoms with Crippen molar-refractivity contribution < 1.29 is 0 Å². The number of benzene rings is 9. The first kappa shape index (κ1) is 44.2. The number of para-hydroxylation sites is 2. The molecule has 73 heavy (non-hydrogen) atoms. The van der Waals surface area contributed by atoms with Crippen LogP contribution in [0.1, 0.15) is 79.5 Å². The van der Waals surface area contributed by atoms with Crippen LogP contribution in [-0.4, -0.2) is 19.5 Å². The van der Waals surface area contributed by atoms with Gasteiger partial charge in [-0.25, -0.2) is 15.0 Å². The summed E-state index contributed by atoms with van der Waals surface area (Å²) in [5.74, 6) is 1.91. The van der Waals surface area contributed by atoms with Crippen LogP contribution in [0.15, 0.2) is 231 Å². The molecule has 11 aromatic rings. The fraction of sp³-hybridized carbons (Fsp3) is 0.116. The van der Waals surface area contributed by atoms with Gasteiger partial charge in [0.05, 0.1) is 16.4 Å². The van der Waals surface area contributed by atoms with E-state index >= 15 is 0 Å². The number of nitrogens with zero attached hydrogens (tertiary/aromatic N) is 4. The topological polar surface area (TPSA) is 43.6 Å². The molecule has 0 N–H and O–H groups in total. The summed E-state index contributed by atoms with van der Waals surface area (Å²) in [5, 5.41) is 2.33. The van der Waals surface area contributed by atoms with Gasteiger partial charge in [-0.15, -0.1) is 0 Å². The largest absolute Gasteiger partial charge is 0.309 e. The van der Waals surface area contributed by atoms with Crippen molar-refractivity contribution in [3.05, 3.63) is 269 Å². The van der Waals surface area contributed by atoms with Crippen LogP contribution in [0.25, 0.3) is 89.5 Å². The van der Waals surface area contributed by atoms with Gasteiger partial charge in [0.15, 0.2) is 17.5 Å². The molecule has 0 atom stereocenters. The molecule has 2 heterocycles. The van der Waals surface area contributed by atoms with E-state index in [2.05, 4.69) is 249 Å². The smallest absolute Gasteiger partial charge is 0.164 e. The van der Waals surface area contributed by atoms with Gasteiger partial charge in [0.25, 0.3) is 0 Å². The van der Waals surface area contributed by atoms with E-state index in [1.165, 1.54) is 66.6 Å². The second kappa shape index (κ2) is 17.5. The van der Waals surface area contributed by atoms with Crippen molar-refractivity contribution in [2.24, 2.45) is 0 Å². The molecule has 0 saturated heterocycles. The van der Waals surface area contributed by atoms with Crippen LogP contribution in [-0.2, 0) is 10.8 Å². The third-order valence-corrected chi connectivity index (χ3v) is 15.6. The maximum atomic E-state index is 5.30. The molecule has 4 heteroatoms. The predicted molar refractivity (Wildman–Crippen MR) is 303 cm³/mol. The molecule has 0 fully saturated rings. The molecule has 0 bridgehead atoms. The Hall–Kier alpha value is -8.73. The van der Waals surface area contributed by atoms with Crippen molar-refractivity contribution in [2.75, 3.05) is 0 Å².